The SMILES string of the molecule is C=C(C)CN(CC)S(=O)(=O)CCNCCC. The molecule has 0 bridgehead atoms. The quantitative estimate of drug-likeness (QED) is 0.493. The van der Waals surface area contributed by atoms with E-state index in [-0.39, 0.29) is 5.75 Å². The fourth-order valence-corrected chi connectivity index (χ4v) is 2.81. The van der Waals surface area contributed by atoms with Crippen molar-refractivity contribution in [1.82, 2.24) is 9.62 Å². The Labute approximate surface area is 99.8 Å². The van der Waals surface area contributed by atoms with Crippen LogP contribution in [0.2, 0.25) is 0 Å². The van der Waals surface area contributed by atoms with Gasteiger partial charge in [0.05, 0.1) is 5.75 Å². The second kappa shape index (κ2) is 7.81. The van der Waals surface area contributed by atoms with Crippen LogP contribution in [0.5, 0.6) is 0 Å². The number of hydrogen-bond acceptors (Lipinski definition) is 3. The van der Waals surface area contributed by atoms with E-state index in [1.807, 2.05) is 13.8 Å². The Hall–Kier alpha value is -0.390. The maximum atomic E-state index is 11.9. The summed E-state index contributed by atoms with van der Waals surface area (Å²) in [4.78, 5) is 0. The molecule has 0 fully saturated rings. The molecule has 96 valence electrons. The first kappa shape index (κ1) is 15.6. The van der Waals surface area contributed by atoms with Gasteiger partial charge in [-0.2, -0.15) is 4.31 Å². The Morgan fingerprint density at radius 3 is 2.38 bits per heavy atom. The predicted octanol–water partition coefficient (Wildman–Crippen LogP) is 1.21. The third-order valence-corrected chi connectivity index (χ3v) is 4.05. The zero-order valence-corrected chi connectivity index (χ0v) is 11.4. The summed E-state index contributed by atoms with van der Waals surface area (Å²) >= 11 is 0. The van der Waals surface area contributed by atoms with Crippen molar-refractivity contribution in [2.24, 2.45) is 0 Å². The summed E-state index contributed by atoms with van der Waals surface area (Å²) in [6.07, 6.45) is 1.02. The molecule has 0 unspecified atom stereocenters. The lowest BCUT2D eigenvalue weighted by molar-refractivity contribution is 0.451. The highest BCUT2D eigenvalue weighted by Gasteiger charge is 2.19. The zero-order valence-electron chi connectivity index (χ0n) is 10.6. The fourth-order valence-electron chi connectivity index (χ4n) is 1.34. The Bertz CT molecular complexity index is 299. The van der Waals surface area contributed by atoms with Crippen molar-refractivity contribution in [2.45, 2.75) is 27.2 Å². The van der Waals surface area contributed by atoms with Gasteiger partial charge < -0.3 is 5.32 Å². The molecule has 5 heteroatoms. The number of nitrogens with one attached hydrogen (secondary N) is 1. The summed E-state index contributed by atoms with van der Waals surface area (Å²) in [6.45, 7) is 11.8. The minimum Gasteiger partial charge on any atom is -0.316 e. The maximum Gasteiger partial charge on any atom is 0.215 e. The van der Waals surface area contributed by atoms with E-state index in [9.17, 15) is 8.42 Å². The molecule has 0 aromatic carbocycles. The lowest BCUT2D eigenvalue weighted by Crippen LogP contribution is -2.37. The lowest BCUT2D eigenvalue weighted by atomic mass is 10.3. The van der Waals surface area contributed by atoms with Crippen LogP contribution >= 0.6 is 0 Å². The maximum absolute atomic E-state index is 11.9. The van der Waals surface area contributed by atoms with Gasteiger partial charge in [0, 0.05) is 19.6 Å². The summed E-state index contributed by atoms with van der Waals surface area (Å²) in [5.41, 5.74) is 0.868. The molecule has 0 spiro atoms. The van der Waals surface area contributed by atoms with E-state index in [2.05, 4.69) is 18.8 Å². The van der Waals surface area contributed by atoms with Gasteiger partial charge in [0.1, 0.15) is 0 Å². The fraction of sp³-hybridized carbons (Fsp3) is 0.818. The van der Waals surface area contributed by atoms with Gasteiger partial charge in [-0.05, 0) is 19.9 Å². The van der Waals surface area contributed by atoms with E-state index in [4.69, 9.17) is 0 Å². The normalized spacial score (nSPS) is 12.0. The average Bonchev–Trinajstić information content (AvgIpc) is 2.20. The van der Waals surface area contributed by atoms with Crippen LogP contribution in [0.3, 0.4) is 0 Å². The monoisotopic (exact) mass is 248 g/mol. The molecule has 0 heterocycles. The molecule has 0 saturated heterocycles. The standard InChI is InChI=1S/C11H24N2O2S/c1-5-7-12-8-9-16(14,15)13(6-2)10-11(3)4/h12H,3,5-10H2,1-2,4H3. The van der Waals surface area contributed by atoms with Crippen molar-refractivity contribution in [1.29, 1.82) is 0 Å². The van der Waals surface area contributed by atoms with Crippen molar-refractivity contribution < 1.29 is 8.42 Å². The molecule has 0 aromatic rings. The lowest BCUT2D eigenvalue weighted by Gasteiger charge is -2.20. The van der Waals surface area contributed by atoms with Crippen LogP contribution in [0.4, 0.5) is 0 Å². The molecule has 0 aliphatic carbocycles. The first-order valence-electron chi connectivity index (χ1n) is 5.77. The predicted molar refractivity (Wildman–Crippen MR) is 69.0 cm³/mol. The second-order valence-electron chi connectivity index (χ2n) is 3.95. The van der Waals surface area contributed by atoms with Crippen molar-refractivity contribution >= 4 is 10.0 Å². The minimum absolute atomic E-state index is 0.161. The highest BCUT2D eigenvalue weighted by Crippen LogP contribution is 2.04. The highest BCUT2D eigenvalue weighted by atomic mass is 32.2. The number of likely N-dealkylation sites (N-methyl/N-ethyl adjacent to an activating group) is 1. The van der Waals surface area contributed by atoms with Crippen LogP contribution in [0.15, 0.2) is 12.2 Å². The van der Waals surface area contributed by atoms with Crippen LogP contribution in [0.25, 0.3) is 0 Å². The molecule has 0 aromatic heterocycles. The van der Waals surface area contributed by atoms with E-state index in [1.54, 1.807) is 0 Å². The Morgan fingerprint density at radius 2 is 1.94 bits per heavy atom. The molecule has 4 nitrogen and oxygen atoms in total. The van der Waals surface area contributed by atoms with Crippen LogP contribution in [-0.4, -0.2) is 44.7 Å². The first-order chi connectivity index (χ1) is 7.44. The van der Waals surface area contributed by atoms with Crippen molar-refractivity contribution in [3.8, 4) is 0 Å². The number of hydrogen-bond donors (Lipinski definition) is 1. The Kier molecular flexibility index (Phi) is 7.62. The summed E-state index contributed by atoms with van der Waals surface area (Å²) in [7, 11) is -3.14. The summed E-state index contributed by atoms with van der Waals surface area (Å²) < 4.78 is 25.3. The average molecular weight is 248 g/mol. The Morgan fingerprint density at radius 1 is 1.31 bits per heavy atom. The molecule has 1 N–H and O–H groups in total. The molecule has 0 rings (SSSR count). The van der Waals surface area contributed by atoms with Crippen LogP contribution in [0.1, 0.15) is 27.2 Å². The number of rotatable bonds is 9. The summed E-state index contributed by atoms with van der Waals surface area (Å²) in [6, 6.07) is 0. The second-order valence-corrected chi connectivity index (χ2v) is 6.04. The van der Waals surface area contributed by atoms with Gasteiger partial charge in [0.2, 0.25) is 10.0 Å². The highest BCUT2D eigenvalue weighted by molar-refractivity contribution is 7.89. The molecule has 0 aliphatic rings. The number of nitrogens with zero attached hydrogens (tertiary/aromatic N) is 1. The summed E-state index contributed by atoms with van der Waals surface area (Å²) in [5, 5.41) is 3.10. The van der Waals surface area contributed by atoms with Crippen molar-refractivity contribution in [2.75, 3.05) is 31.9 Å². The van der Waals surface area contributed by atoms with Gasteiger partial charge >= 0.3 is 0 Å². The molecule has 0 aliphatic heterocycles. The molecule has 0 radical (unpaired) electrons. The Balaban J connectivity index is 4.21. The zero-order chi connectivity index (χ0) is 12.6. The third-order valence-electron chi connectivity index (χ3n) is 2.16. The molecular formula is C11H24N2O2S. The molecule has 0 saturated carbocycles. The van der Waals surface area contributed by atoms with E-state index in [1.165, 1.54) is 4.31 Å². The summed E-state index contributed by atoms with van der Waals surface area (Å²) in [5.74, 6) is 0.161. The first-order valence-corrected chi connectivity index (χ1v) is 7.37. The van der Waals surface area contributed by atoms with Gasteiger partial charge in [0.25, 0.3) is 0 Å². The number of sulfonamides is 1. The van der Waals surface area contributed by atoms with Crippen molar-refractivity contribution in [3.63, 3.8) is 0 Å². The van der Waals surface area contributed by atoms with Gasteiger partial charge in [-0.3, -0.25) is 0 Å². The van der Waals surface area contributed by atoms with Gasteiger partial charge in [-0.1, -0.05) is 26.0 Å². The van der Waals surface area contributed by atoms with E-state index >= 15 is 0 Å². The van der Waals surface area contributed by atoms with Crippen LogP contribution in [0, 0.1) is 0 Å². The van der Waals surface area contributed by atoms with Crippen LogP contribution < -0.4 is 5.32 Å². The van der Waals surface area contributed by atoms with E-state index in [0.29, 0.717) is 19.6 Å². The smallest absolute Gasteiger partial charge is 0.215 e. The van der Waals surface area contributed by atoms with Gasteiger partial charge in [-0.25, -0.2) is 8.42 Å². The molecule has 16 heavy (non-hydrogen) atoms. The minimum atomic E-state index is -3.14. The van der Waals surface area contributed by atoms with Crippen LogP contribution in [-0.2, 0) is 10.0 Å². The van der Waals surface area contributed by atoms with E-state index in [0.717, 1.165) is 18.5 Å². The van der Waals surface area contributed by atoms with E-state index < -0.39 is 10.0 Å². The van der Waals surface area contributed by atoms with Crippen molar-refractivity contribution in [3.05, 3.63) is 12.2 Å². The van der Waals surface area contributed by atoms with Gasteiger partial charge in [-0.15, -0.1) is 0 Å². The largest absolute Gasteiger partial charge is 0.316 e. The third kappa shape index (κ3) is 6.25. The molecular weight excluding hydrogens is 224 g/mol. The van der Waals surface area contributed by atoms with Gasteiger partial charge in [0.15, 0.2) is 0 Å². The molecule has 0 atom stereocenters. The topological polar surface area (TPSA) is 49.4 Å². The molecule has 0 amide bonds.